The van der Waals surface area contributed by atoms with E-state index in [4.69, 9.17) is 55.2 Å². The van der Waals surface area contributed by atoms with Crippen LogP contribution in [0.15, 0.2) is 104 Å². The van der Waals surface area contributed by atoms with Gasteiger partial charge in [-0.2, -0.15) is 0 Å². The van der Waals surface area contributed by atoms with Crippen LogP contribution in [0.25, 0.3) is 11.1 Å². The van der Waals surface area contributed by atoms with Crippen molar-refractivity contribution in [2.45, 2.75) is 51.6 Å². The summed E-state index contributed by atoms with van der Waals surface area (Å²) in [6.07, 6.45) is 6.73. The number of aryl methyl sites for hydroxylation is 4. The summed E-state index contributed by atoms with van der Waals surface area (Å²) in [5, 5.41) is 23.4. The van der Waals surface area contributed by atoms with Crippen LogP contribution in [0.5, 0.6) is 0 Å². The third kappa shape index (κ3) is 24.9. The first-order valence-electron chi connectivity index (χ1n) is 34.5. The maximum atomic E-state index is 13.3. The lowest BCUT2D eigenvalue weighted by Crippen LogP contribution is -2.49. The molecule has 2 atom stereocenters. The van der Waals surface area contributed by atoms with Crippen LogP contribution in [0.3, 0.4) is 0 Å². The Balaban J connectivity index is 0.567. The third-order valence-electron chi connectivity index (χ3n) is 16.4. The predicted molar refractivity (Wildman–Crippen MR) is 394 cm³/mol. The molecule has 0 radical (unpaired) electrons. The van der Waals surface area contributed by atoms with Gasteiger partial charge in [-0.1, -0.05) is 29.8 Å². The maximum Gasteiger partial charge on any atom is 0.291 e. The summed E-state index contributed by atoms with van der Waals surface area (Å²) in [5.74, 6) is -2.79. The van der Waals surface area contributed by atoms with Crippen LogP contribution in [0.1, 0.15) is 98.2 Å². The highest BCUT2D eigenvalue weighted by atomic mass is 35.5. The molecule has 1 aliphatic rings. The highest BCUT2D eigenvalue weighted by Crippen LogP contribution is 2.45. The Bertz CT molecular complexity index is 4040. The van der Waals surface area contributed by atoms with Gasteiger partial charge in [-0.3, -0.25) is 38.4 Å². The van der Waals surface area contributed by atoms with Crippen molar-refractivity contribution in [3.63, 3.8) is 0 Å². The van der Waals surface area contributed by atoms with Gasteiger partial charge < -0.3 is 109 Å². The number of imidazole rings is 2. The molecule has 0 fully saturated rings. The number of aromatic nitrogens is 6. The normalized spacial score (nSPS) is 14.0. The van der Waals surface area contributed by atoms with Gasteiger partial charge in [0.05, 0.1) is 123 Å². The number of ether oxygens (including phenoxy) is 8. The first-order chi connectivity index (χ1) is 50.6. The van der Waals surface area contributed by atoms with E-state index >= 15 is 0 Å². The number of amides is 8. The molecule has 4 aromatic heterocycles. The highest BCUT2D eigenvalue weighted by molar-refractivity contribution is 6.30. The van der Waals surface area contributed by atoms with E-state index in [-0.39, 0.29) is 103 Å². The van der Waals surface area contributed by atoms with Crippen molar-refractivity contribution in [1.29, 1.82) is 0 Å². The molecular weight excluding hydrogens is 1380 g/mol. The summed E-state index contributed by atoms with van der Waals surface area (Å²) < 4.78 is 50.6. The standard InChI is InChI=1S/C72H95ClN16O16/c1-48-43-72(3,84-54-15-13-53(73)14-16-54)57-40-52(12-17-58(57)89(48)49(2)90)50-8-10-51(11-9-50)67(93)76-22-24-98-26-28-100-30-32-102-34-36-104-38-39-105-37-35-103-33-31-101-29-27-99-25-23-77-69(95)60-42-56(45-86(60)5)79-71(97)66-83-62(47-88(66)7)81-64(92)19-21-75-68(94)59-41-55(44-85(59)4)78-70(96)65-82-61(46-87(65)6)80-63(91)18-20-74/h8-17,40-42,44-48,84H,18-39,43,74H2,1-7H3,(H,75,94)(H,76,93)(H,77,95)(H,78,96)(H,79,97)(H,80,91)(H,81,92)/t48-,72-/m0/s1. The molecule has 0 saturated carbocycles. The summed E-state index contributed by atoms with van der Waals surface area (Å²) in [7, 11) is 6.45. The van der Waals surface area contributed by atoms with Gasteiger partial charge in [0, 0.05) is 132 Å². The summed E-state index contributed by atoms with van der Waals surface area (Å²) in [5.41, 5.74) is 11.3. The van der Waals surface area contributed by atoms with Gasteiger partial charge in [0.2, 0.25) is 29.4 Å². The van der Waals surface area contributed by atoms with E-state index in [9.17, 15) is 38.4 Å². The topological polar surface area (TPSA) is 381 Å². The molecule has 0 spiro atoms. The second-order valence-corrected chi connectivity index (χ2v) is 25.2. The molecule has 8 amide bonds. The number of fused-ring (bicyclic) bond motifs is 1. The Hall–Kier alpha value is -9.87. The number of hydrogen-bond donors (Lipinski definition) is 9. The number of carbonyl (C=O) groups is 8. The monoisotopic (exact) mass is 1470 g/mol. The van der Waals surface area contributed by atoms with Gasteiger partial charge >= 0.3 is 0 Å². The number of benzene rings is 3. The minimum absolute atomic E-state index is 0.0102. The minimum atomic E-state index is -0.593. The van der Waals surface area contributed by atoms with Gasteiger partial charge in [0.1, 0.15) is 11.4 Å². The average Bonchev–Trinajstić information content (AvgIpc) is 1.60. The average molecular weight is 1480 g/mol. The van der Waals surface area contributed by atoms with Crippen LogP contribution in [0.4, 0.5) is 34.4 Å². The molecule has 3 aromatic carbocycles. The molecule has 105 heavy (non-hydrogen) atoms. The number of nitrogens with zero attached hydrogens (tertiary/aromatic N) is 7. The van der Waals surface area contributed by atoms with Crippen molar-refractivity contribution in [3.8, 4) is 11.1 Å². The van der Waals surface area contributed by atoms with Crippen LogP contribution < -0.4 is 53.2 Å². The van der Waals surface area contributed by atoms with E-state index in [0.717, 1.165) is 28.1 Å². The Kier molecular flexibility index (Phi) is 31.5. The van der Waals surface area contributed by atoms with Crippen molar-refractivity contribution in [2.75, 3.05) is 163 Å². The fourth-order valence-corrected chi connectivity index (χ4v) is 11.6. The summed E-state index contributed by atoms with van der Waals surface area (Å²) >= 11 is 6.17. The van der Waals surface area contributed by atoms with Crippen LogP contribution in [-0.2, 0) is 86.0 Å². The molecule has 0 bridgehead atoms. The van der Waals surface area contributed by atoms with Crippen LogP contribution >= 0.6 is 11.6 Å². The lowest BCUT2D eigenvalue weighted by Gasteiger charge is -2.46. The number of rotatable bonds is 44. The van der Waals surface area contributed by atoms with Crippen molar-refractivity contribution in [3.05, 3.63) is 143 Å². The maximum absolute atomic E-state index is 13.3. The molecule has 10 N–H and O–H groups in total. The van der Waals surface area contributed by atoms with Gasteiger partial charge in [0.15, 0.2) is 11.6 Å². The number of anilines is 6. The molecule has 1 aliphatic heterocycles. The number of nitrogens with one attached hydrogen (secondary N) is 8. The molecule has 33 heteroatoms. The van der Waals surface area contributed by atoms with Crippen molar-refractivity contribution >= 4 is 93.2 Å². The number of halogens is 1. The third-order valence-corrected chi connectivity index (χ3v) is 16.7. The molecular formula is C72H95ClN16O16. The zero-order valence-corrected chi connectivity index (χ0v) is 61.0. The molecule has 0 unspecified atom stereocenters. The lowest BCUT2D eigenvalue weighted by molar-refractivity contribution is -0.117. The Labute approximate surface area is 613 Å². The summed E-state index contributed by atoms with van der Waals surface area (Å²) in [4.78, 5) is 113. The van der Waals surface area contributed by atoms with Crippen LogP contribution in [-0.4, -0.2) is 213 Å². The van der Waals surface area contributed by atoms with Gasteiger partial charge in [-0.25, -0.2) is 9.97 Å². The molecule has 0 saturated heterocycles. The first kappa shape index (κ1) is 80.8. The zero-order valence-electron chi connectivity index (χ0n) is 60.3. The number of hydrogen-bond acceptors (Lipinski definition) is 20. The minimum Gasteiger partial charge on any atom is -0.377 e. The van der Waals surface area contributed by atoms with E-state index in [2.05, 4.69) is 72.4 Å². The van der Waals surface area contributed by atoms with Gasteiger partial charge in [-0.15, -0.1) is 0 Å². The van der Waals surface area contributed by atoms with Crippen LogP contribution in [0, 0.1) is 0 Å². The lowest BCUT2D eigenvalue weighted by atomic mass is 9.79. The summed E-state index contributed by atoms with van der Waals surface area (Å²) in [6, 6.07) is 24.2. The molecule has 5 heterocycles. The fourth-order valence-electron chi connectivity index (χ4n) is 11.5. The second-order valence-electron chi connectivity index (χ2n) is 24.7. The molecule has 0 aliphatic carbocycles. The Morgan fingerprint density at radius 2 is 0.905 bits per heavy atom. The molecule has 7 aromatic rings. The van der Waals surface area contributed by atoms with E-state index < -0.39 is 29.2 Å². The quantitative estimate of drug-likeness (QED) is 0.0214. The van der Waals surface area contributed by atoms with Gasteiger partial charge in [-0.05, 0) is 92.1 Å². The molecule has 32 nitrogen and oxygen atoms in total. The second kappa shape index (κ2) is 41.0. The van der Waals surface area contributed by atoms with Crippen molar-refractivity contribution < 1.29 is 76.3 Å². The van der Waals surface area contributed by atoms with Gasteiger partial charge in [0.25, 0.3) is 29.5 Å². The smallest absolute Gasteiger partial charge is 0.291 e. The van der Waals surface area contributed by atoms with E-state index in [1.807, 2.05) is 53.4 Å². The Morgan fingerprint density at radius 1 is 0.486 bits per heavy atom. The van der Waals surface area contributed by atoms with E-state index in [1.165, 1.54) is 44.4 Å². The Morgan fingerprint density at radius 3 is 1.35 bits per heavy atom. The first-order valence-corrected chi connectivity index (χ1v) is 34.8. The fraction of sp³-hybridized carbons (Fsp3) is 0.444. The SMILES string of the molecule is CC(=O)N1c2ccc(-c3ccc(C(=O)NCCOCCOCCOCCOCCOCCOCCOCCOCCNC(=O)c4cc(NC(=O)c5nc(NC(=O)CCNC(=O)c6cc(NC(=O)c7nc(NC(=O)CCN)cn7C)cn6C)cn5C)cn4C)cc3)cc2[C@@](C)(Nc2ccc(Cl)cc2)C[C@@H]1C. The summed E-state index contributed by atoms with van der Waals surface area (Å²) in [6.45, 7) is 12.5. The van der Waals surface area contributed by atoms with Crippen molar-refractivity contribution in [2.24, 2.45) is 33.9 Å². The zero-order chi connectivity index (χ0) is 75.3. The number of carbonyl (C=O) groups excluding carboxylic acids is 8. The molecule has 8 rings (SSSR count). The predicted octanol–water partition coefficient (Wildman–Crippen LogP) is 5.47. The highest BCUT2D eigenvalue weighted by Gasteiger charge is 2.41. The van der Waals surface area contributed by atoms with E-state index in [1.54, 1.807) is 58.0 Å². The number of nitrogens with two attached hydrogens (primary N) is 1. The largest absolute Gasteiger partial charge is 0.377 e. The van der Waals surface area contributed by atoms with Crippen LogP contribution in [0.2, 0.25) is 5.02 Å². The molecule has 566 valence electrons. The van der Waals surface area contributed by atoms with Crippen molar-refractivity contribution in [1.82, 2.24) is 44.2 Å². The van der Waals surface area contributed by atoms with E-state index in [0.29, 0.717) is 134 Å².